The van der Waals surface area contributed by atoms with Gasteiger partial charge in [0.2, 0.25) is 0 Å². The molecular formula is C21H18FN3O3. The molecule has 0 aliphatic rings. The Morgan fingerprint density at radius 2 is 2.07 bits per heavy atom. The third kappa shape index (κ3) is 2.95. The molecule has 4 rings (SSSR count). The highest BCUT2D eigenvalue weighted by Crippen LogP contribution is 2.31. The summed E-state index contributed by atoms with van der Waals surface area (Å²) in [5.41, 5.74) is 3.90. The number of methoxy groups -OCH3 is 1. The van der Waals surface area contributed by atoms with Crippen molar-refractivity contribution in [2.75, 3.05) is 12.4 Å². The zero-order valence-corrected chi connectivity index (χ0v) is 15.4. The van der Waals surface area contributed by atoms with E-state index in [0.29, 0.717) is 22.7 Å². The molecule has 0 bridgehead atoms. The molecule has 0 aliphatic heterocycles. The van der Waals surface area contributed by atoms with Gasteiger partial charge in [0.15, 0.2) is 0 Å². The fourth-order valence-electron chi connectivity index (χ4n) is 3.37. The minimum absolute atomic E-state index is 0.223. The van der Waals surface area contributed by atoms with E-state index in [2.05, 4.69) is 10.1 Å². The van der Waals surface area contributed by atoms with Crippen LogP contribution in [0.4, 0.5) is 14.9 Å². The number of carbonyl (C=O) groups excluding carboxylic acids is 1. The summed E-state index contributed by atoms with van der Waals surface area (Å²) in [5, 5.41) is 14.4. The predicted octanol–water partition coefficient (Wildman–Crippen LogP) is 4.27. The first kappa shape index (κ1) is 17.9. The second-order valence-corrected chi connectivity index (χ2v) is 6.45. The van der Waals surface area contributed by atoms with Gasteiger partial charge in [-0.2, -0.15) is 0 Å². The van der Waals surface area contributed by atoms with E-state index >= 15 is 0 Å². The third-order valence-corrected chi connectivity index (χ3v) is 4.73. The predicted molar refractivity (Wildman–Crippen MR) is 105 cm³/mol. The summed E-state index contributed by atoms with van der Waals surface area (Å²) in [4.78, 5) is 16.3. The number of halogens is 1. The van der Waals surface area contributed by atoms with Crippen molar-refractivity contribution in [3.8, 4) is 11.3 Å². The minimum Gasteiger partial charge on any atom is -0.453 e. The number of nitrogens with one attached hydrogen (secondary N) is 1. The van der Waals surface area contributed by atoms with Crippen LogP contribution in [-0.2, 0) is 11.3 Å². The van der Waals surface area contributed by atoms with E-state index in [9.17, 15) is 14.3 Å². The number of hydrogen-bond donors (Lipinski definition) is 2. The molecule has 0 spiro atoms. The van der Waals surface area contributed by atoms with Crippen molar-refractivity contribution in [1.29, 1.82) is 0 Å². The number of benzene rings is 2. The van der Waals surface area contributed by atoms with Crippen LogP contribution in [-0.4, -0.2) is 27.7 Å². The van der Waals surface area contributed by atoms with Crippen LogP contribution in [0.3, 0.4) is 0 Å². The van der Waals surface area contributed by atoms with E-state index in [1.54, 1.807) is 25.1 Å². The summed E-state index contributed by atoms with van der Waals surface area (Å²) in [7, 11) is 1.30. The Kier molecular flexibility index (Phi) is 4.44. The molecule has 0 fully saturated rings. The van der Waals surface area contributed by atoms with E-state index in [4.69, 9.17) is 4.98 Å². The van der Waals surface area contributed by atoms with Crippen molar-refractivity contribution in [3.05, 3.63) is 65.7 Å². The van der Waals surface area contributed by atoms with Gasteiger partial charge in [-0.1, -0.05) is 6.07 Å². The number of aryl methyl sites for hydroxylation is 1. The molecule has 4 aromatic rings. The molecule has 1 amide bonds. The highest BCUT2D eigenvalue weighted by molar-refractivity contribution is 5.99. The van der Waals surface area contributed by atoms with Gasteiger partial charge in [0, 0.05) is 22.8 Å². The maximum absolute atomic E-state index is 13.5. The number of pyridine rings is 1. The van der Waals surface area contributed by atoms with Crippen LogP contribution in [0, 0.1) is 12.7 Å². The second kappa shape index (κ2) is 6.94. The summed E-state index contributed by atoms with van der Waals surface area (Å²) in [6, 6.07) is 11.8. The molecule has 0 atom stereocenters. The van der Waals surface area contributed by atoms with Gasteiger partial charge >= 0.3 is 6.09 Å². The molecule has 0 saturated carbocycles. The average Bonchev–Trinajstić information content (AvgIpc) is 3.06. The lowest BCUT2D eigenvalue weighted by Crippen LogP contribution is -2.10. The number of carbonyl (C=O) groups is 1. The molecule has 0 aliphatic carbocycles. The van der Waals surface area contributed by atoms with Crippen LogP contribution in [0.25, 0.3) is 27.7 Å². The Balaban J connectivity index is 1.96. The summed E-state index contributed by atoms with van der Waals surface area (Å²) in [6.07, 6.45) is 1.28. The molecule has 2 N–H and O–H groups in total. The molecule has 28 heavy (non-hydrogen) atoms. The number of nitrogens with zero attached hydrogens (tertiary/aromatic N) is 2. The first-order valence-electron chi connectivity index (χ1n) is 8.68. The third-order valence-electron chi connectivity index (χ3n) is 4.73. The number of fused-ring (bicyclic) bond motifs is 3. The molecule has 2 aromatic carbocycles. The summed E-state index contributed by atoms with van der Waals surface area (Å²) < 4.78 is 20.0. The lowest BCUT2D eigenvalue weighted by atomic mass is 10.0. The Morgan fingerprint density at radius 1 is 1.25 bits per heavy atom. The monoisotopic (exact) mass is 379 g/mol. The van der Waals surface area contributed by atoms with E-state index in [-0.39, 0.29) is 12.4 Å². The van der Waals surface area contributed by atoms with Gasteiger partial charge in [0.25, 0.3) is 0 Å². The summed E-state index contributed by atoms with van der Waals surface area (Å²) in [5.74, 6) is -0.320. The van der Waals surface area contributed by atoms with Crippen LogP contribution in [0.5, 0.6) is 0 Å². The Hall–Kier alpha value is -3.45. The van der Waals surface area contributed by atoms with E-state index in [1.807, 2.05) is 22.7 Å². The van der Waals surface area contributed by atoms with Gasteiger partial charge in [0.05, 0.1) is 25.1 Å². The largest absolute Gasteiger partial charge is 0.453 e. The van der Waals surface area contributed by atoms with Gasteiger partial charge in [-0.25, -0.2) is 14.2 Å². The van der Waals surface area contributed by atoms with E-state index in [0.717, 1.165) is 21.9 Å². The highest BCUT2D eigenvalue weighted by atomic mass is 19.1. The number of aliphatic hydroxyl groups is 1. The molecule has 2 aromatic heterocycles. The number of ether oxygens (including phenoxy) is 1. The number of aliphatic hydroxyl groups excluding tert-OH is 1. The van der Waals surface area contributed by atoms with Crippen LogP contribution in [0.15, 0.2) is 48.7 Å². The van der Waals surface area contributed by atoms with E-state index in [1.165, 1.54) is 19.2 Å². The SMILES string of the molecule is COC(=O)Nc1ccc2ccn3c(CO)c(-c4ccc(F)cc4C)nc3c2c1. The molecule has 6 nitrogen and oxygen atoms in total. The molecule has 0 radical (unpaired) electrons. The molecule has 142 valence electrons. The Bertz CT molecular complexity index is 1220. The molecule has 2 heterocycles. The second-order valence-electron chi connectivity index (χ2n) is 6.45. The highest BCUT2D eigenvalue weighted by Gasteiger charge is 2.17. The first-order chi connectivity index (χ1) is 13.5. The van der Waals surface area contributed by atoms with Crippen molar-refractivity contribution in [1.82, 2.24) is 9.38 Å². The molecular weight excluding hydrogens is 361 g/mol. The number of rotatable bonds is 3. The molecule has 0 unspecified atom stereocenters. The Morgan fingerprint density at radius 3 is 2.79 bits per heavy atom. The van der Waals surface area contributed by atoms with E-state index < -0.39 is 6.09 Å². The zero-order chi connectivity index (χ0) is 19.8. The number of amides is 1. The van der Waals surface area contributed by atoms with Crippen molar-refractivity contribution in [2.24, 2.45) is 0 Å². The maximum atomic E-state index is 13.5. The van der Waals surface area contributed by atoms with Gasteiger partial charge in [-0.05, 0) is 54.3 Å². The fraction of sp³-hybridized carbons (Fsp3) is 0.143. The fourth-order valence-corrected chi connectivity index (χ4v) is 3.37. The summed E-state index contributed by atoms with van der Waals surface area (Å²) >= 11 is 0. The first-order valence-corrected chi connectivity index (χ1v) is 8.68. The normalized spacial score (nSPS) is 11.1. The standard InChI is InChI=1S/C21H18FN3O3/c1-12-9-14(22)4-6-16(12)19-18(11-26)25-8-7-13-3-5-15(23-21(27)28-2)10-17(13)20(25)24-19/h3-10,26H,11H2,1-2H3,(H,23,27). The molecule has 7 heteroatoms. The number of imidazole rings is 1. The molecule has 0 saturated heterocycles. The van der Waals surface area contributed by atoms with Gasteiger partial charge in [-0.3, -0.25) is 5.32 Å². The number of aromatic nitrogens is 2. The number of hydrogen-bond acceptors (Lipinski definition) is 4. The minimum atomic E-state index is -0.562. The lowest BCUT2D eigenvalue weighted by molar-refractivity contribution is 0.187. The van der Waals surface area contributed by atoms with Gasteiger partial charge in [-0.15, -0.1) is 0 Å². The van der Waals surface area contributed by atoms with Crippen molar-refractivity contribution < 1.29 is 19.0 Å². The Labute approximate surface area is 160 Å². The smallest absolute Gasteiger partial charge is 0.411 e. The topological polar surface area (TPSA) is 75.9 Å². The van der Waals surface area contributed by atoms with Crippen LogP contribution >= 0.6 is 0 Å². The summed E-state index contributed by atoms with van der Waals surface area (Å²) in [6.45, 7) is 1.58. The van der Waals surface area contributed by atoms with Crippen molar-refractivity contribution >= 4 is 28.2 Å². The van der Waals surface area contributed by atoms with Crippen molar-refractivity contribution in [2.45, 2.75) is 13.5 Å². The van der Waals surface area contributed by atoms with Crippen molar-refractivity contribution in [3.63, 3.8) is 0 Å². The number of anilines is 1. The average molecular weight is 379 g/mol. The quantitative estimate of drug-likeness (QED) is 0.557. The van der Waals surface area contributed by atoms with Crippen LogP contribution in [0.1, 0.15) is 11.3 Å². The van der Waals surface area contributed by atoms with Crippen LogP contribution in [0.2, 0.25) is 0 Å². The lowest BCUT2D eigenvalue weighted by Gasteiger charge is -2.07. The zero-order valence-electron chi connectivity index (χ0n) is 15.4. The van der Waals surface area contributed by atoms with Gasteiger partial charge in [0.1, 0.15) is 11.5 Å². The maximum Gasteiger partial charge on any atom is 0.411 e. The van der Waals surface area contributed by atoms with Crippen LogP contribution < -0.4 is 5.32 Å². The van der Waals surface area contributed by atoms with Gasteiger partial charge < -0.3 is 14.2 Å².